The lowest BCUT2D eigenvalue weighted by Gasteiger charge is -2.52. The Morgan fingerprint density at radius 3 is 2.61 bits per heavy atom. The first kappa shape index (κ1) is 24.0. The molecule has 31 heavy (non-hydrogen) atoms. The first-order chi connectivity index (χ1) is 14.5. The average molecular weight is 508 g/mol. The van der Waals surface area contributed by atoms with Gasteiger partial charge < -0.3 is 36.0 Å². The topological polar surface area (TPSA) is 55.8 Å². The van der Waals surface area contributed by atoms with Crippen molar-refractivity contribution >= 4 is 17.3 Å². The maximum absolute atomic E-state index is 13.1. The van der Waals surface area contributed by atoms with Crippen molar-refractivity contribution in [3.8, 4) is 5.75 Å². The zero-order valence-electron chi connectivity index (χ0n) is 17.6. The molecule has 1 N–H and O–H groups in total. The van der Waals surface area contributed by atoms with Crippen molar-refractivity contribution in [2.75, 3.05) is 32.8 Å². The number of hydrogen-bond donors (Lipinski definition) is 1. The smallest absolute Gasteiger partial charge is 0.344 e. The highest BCUT2D eigenvalue weighted by Crippen LogP contribution is 2.38. The zero-order chi connectivity index (χ0) is 21.0. The number of ether oxygens (including phenoxy) is 2. The summed E-state index contributed by atoms with van der Waals surface area (Å²) in [5.41, 5.74) is -1.65. The Morgan fingerprint density at radius 2 is 1.97 bits per heavy atom. The van der Waals surface area contributed by atoms with E-state index in [9.17, 15) is 9.90 Å². The summed E-state index contributed by atoms with van der Waals surface area (Å²) >= 11 is 1.36. The van der Waals surface area contributed by atoms with Gasteiger partial charge in [-0.2, -0.15) is 0 Å². The van der Waals surface area contributed by atoms with Crippen molar-refractivity contribution in [3.63, 3.8) is 0 Å². The van der Waals surface area contributed by atoms with Crippen LogP contribution in [0.25, 0.3) is 0 Å². The van der Waals surface area contributed by atoms with Crippen LogP contribution in [0, 0.1) is 5.92 Å². The second-order valence-electron chi connectivity index (χ2n) is 8.47. The molecule has 2 bridgehead atoms. The molecular weight excluding hydrogens is 478 g/mol. The van der Waals surface area contributed by atoms with Crippen molar-refractivity contribution in [3.05, 3.63) is 65.4 Å². The summed E-state index contributed by atoms with van der Waals surface area (Å²) in [6.45, 7) is 8.24. The number of hydrogen-bond acceptors (Lipinski definition) is 5. The van der Waals surface area contributed by atoms with Gasteiger partial charge in [-0.05, 0) is 23.6 Å². The molecule has 168 valence electrons. The van der Waals surface area contributed by atoms with E-state index in [1.54, 1.807) is 12.1 Å². The molecule has 2 atom stereocenters. The van der Waals surface area contributed by atoms with E-state index in [0.29, 0.717) is 17.4 Å². The fraction of sp³-hybridized carbons (Fsp3) is 0.458. The van der Waals surface area contributed by atoms with Crippen LogP contribution in [0.5, 0.6) is 5.75 Å². The second kappa shape index (κ2) is 10.3. The summed E-state index contributed by atoms with van der Waals surface area (Å²) in [4.78, 5) is 13.7. The number of esters is 1. The van der Waals surface area contributed by atoms with Gasteiger partial charge in [-0.1, -0.05) is 30.3 Å². The number of carbonyl (C=O) groups excluding carboxylic acids is 1. The molecule has 0 amide bonds. The Labute approximate surface area is 198 Å². The van der Waals surface area contributed by atoms with Crippen LogP contribution in [0.2, 0.25) is 0 Å². The van der Waals surface area contributed by atoms with E-state index in [1.807, 2.05) is 41.8 Å². The third kappa shape index (κ3) is 5.22. The Bertz CT molecular complexity index is 852. The molecule has 1 aromatic heterocycles. The van der Waals surface area contributed by atoms with Crippen molar-refractivity contribution in [1.82, 2.24) is 0 Å². The largest absolute Gasteiger partial charge is 1.00 e. The van der Waals surface area contributed by atoms with Gasteiger partial charge in [0.1, 0.15) is 25.4 Å². The number of thiophene rings is 1. The molecule has 0 saturated carbocycles. The van der Waals surface area contributed by atoms with Crippen molar-refractivity contribution < 1.29 is 40.8 Å². The van der Waals surface area contributed by atoms with Gasteiger partial charge in [0, 0.05) is 30.1 Å². The van der Waals surface area contributed by atoms with E-state index in [1.165, 1.54) is 11.3 Å². The fourth-order valence-corrected chi connectivity index (χ4v) is 5.61. The van der Waals surface area contributed by atoms with Gasteiger partial charge in [0.25, 0.3) is 0 Å². The molecule has 5 rings (SSSR count). The Balaban J connectivity index is 0.00000272. The molecule has 2 aromatic rings. The molecular formula is C24H30BrNO4S. The third-order valence-corrected chi connectivity index (χ3v) is 7.60. The summed E-state index contributed by atoms with van der Waals surface area (Å²) < 4.78 is 12.8. The molecule has 3 fully saturated rings. The lowest BCUT2D eigenvalue weighted by Crippen LogP contribution is -3.00. The van der Waals surface area contributed by atoms with Gasteiger partial charge in [-0.15, -0.1) is 17.9 Å². The highest BCUT2D eigenvalue weighted by molar-refractivity contribution is 7.10. The lowest BCUT2D eigenvalue weighted by atomic mass is 9.83. The highest BCUT2D eigenvalue weighted by atomic mass is 79.9. The van der Waals surface area contributed by atoms with E-state index in [0.717, 1.165) is 49.3 Å². The summed E-state index contributed by atoms with van der Waals surface area (Å²) in [6.07, 6.45) is 3.65. The molecule has 4 heterocycles. The minimum Gasteiger partial charge on any atom is -1.00 e. The number of piperidine rings is 3. The van der Waals surface area contributed by atoms with E-state index < -0.39 is 11.6 Å². The molecule has 1 aromatic carbocycles. The van der Waals surface area contributed by atoms with E-state index >= 15 is 0 Å². The summed E-state index contributed by atoms with van der Waals surface area (Å²) in [7, 11) is 0. The van der Waals surface area contributed by atoms with Crippen LogP contribution in [0.15, 0.2) is 60.5 Å². The Kier molecular flexibility index (Phi) is 7.97. The number of carbonyl (C=O) groups is 1. The maximum Gasteiger partial charge on any atom is 0.344 e. The number of rotatable bonds is 9. The number of para-hydroxylation sites is 1. The van der Waals surface area contributed by atoms with Gasteiger partial charge in [0.2, 0.25) is 0 Å². The van der Waals surface area contributed by atoms with E-state index in [2.05, 4.69) is 6.58 Å². The molecule has 3 aliphatic heterocycles. The van der Waals surface area contributed by atoms with Crippen molar-refractivity contribution in [1.29, 1.82) is 0 Å². The second-order valence-corrected chi connectivity index (χ2v) is 9.42. The van der Waals surface area contributed by atoms with Gasteiger partial charge >= 0.3 is 5.97 Å². The number of fused-ring (bicyclic) bond motifs is 3. The van der Waals surface area contributed by atoms with Crippen LogP contribution in [0.4, 0.5) is 0 Å². The SMILES string of the molecule is C=CCC(O)(C(=O)O[C@H]1C[N+]2(CCOc3ccccc3)CCC1CC2)c1cccs1.[Br-]. The predicted octanol–water partition coefficient (Wildman–Crippen LogP) is 0.747. The summed E-state index contributed by atoms with van der Waals surface area (Å²) in [5, 5.41) is 13.0. The molecule has 3 saturated heterocycles. The number of nitrogens with zero attached hydrogens (tertiary/aromatic N) is 1. The molecule has 0 radical (unpaired) electrons. The lowest BCUT2D eigenvalue weighted by molar-refractivity contribution is -0.946. The number of quaternary nitrogens is 1. The van der Waals surface area contributed by atoms with Crippen molar-refractivity contribution in [2.24, 2.45) is 5.92 Å². The molecule has 1 unspecified atom stereocenters. The normalized spacial score (nSPS) is 26.4. The van der Waals surface area contributed by atoms with Crippen LogP contribution in [0.3, 0.4) is 0 Å². The average Bonchev–Trinajstić information content (AvgIpc) is 3.31. The molecule has 7 heteroatoms. The molecule has 0 spiro atoms. The van der Waals surface area contributed by atoms with Crippen LogP contribution in [0.1, 0.15) is 24.1 Å². The third-order valence-electron chi connectivity index (χ3n) is 6.58. The first-order valence-electron chi connectivity index (χ1n) is 10.7. The Hall–Kier alpha value is -1.67. The standard InChI is InChI=1S/C24H30NO4S.BrH/c1-2-12-24(27,22-9-6-17-30-22)23(26)29-21-18-25(13-10-19(21)11-14-25)15-16-28-20-7-4-3-5-8-20;/h2-9,17,19,21,27H,1,10-16,18H2;1H/q+1;/p-1/t19?,21-,24?,25?;/m0./s1. The number of benzene rings is 1. The quantitative estimate of drug-likeness (QED) is 0.309. The summed E-state index contributed by atoms with van der Waals surface area (Å²) in [5.74, 6) is 0.707. The van der Waals surface area contributed by atoms with Crippen LogP contribution in [-0.2, 0) is 15.1 Å². The van der Waals surface area contributed by atoms with Crippen molar-refractivity contribution in [2.45, 2.75) is 31.0 Å². The van der Waals surface area contributed by atoms with Gasteiger partial charge in [0.15, 0.2) is 11.7 Å². The van der Waals surface area contributed by atoms with E-state index in [-0.39, 0.29) is 29.5 Å². The molecule has 0 aliphatic carbocycles. The van der Waals surface area contributed by atoms with Gasteiger partial charge in [-0.3, -0.25) is 0 Å². The maximum atomic E-state index is 13.1. The number of aliphatic hydroxyl groups is 1. The number of halogens is 1. The van der Waals surface area contributed by atoms with Gasteiger partial charge in [-0.25, -0.2) is 4.79 Å². The minimum absolute atomic E-state index is 0. The van der Waals surface area contributed by atoms with Crippen LogP contribution < -0.4 is 21.7 Å². The van der Waals surface area contributed by atoms with Crippen LogP contribution >= 0.6 is 11.3 Å². The zero-order valence-corrected chi connectivity index (χ0v) is 20.0. The van der Waals surface area contributed by atoms with Gasteiger partial charge in [0.05, 0.1) is 13.1 Å². The predicted molar refractivity (Wildman–Crippen MR) is 117 cm³/mol. The monoisotopic (exact) mass is 507 g/mol. The summed E-state index contributed by atoms with van der Waals surface area (Å²) in [6, 6.07) is 13.5. The molecule has 3 aliphatic rings. The Morgan fingerprint density at radius 1 is 1.23 bits per heavy atom. The van der Waals surface area contributed by atoms with E-state index in [4.69, 9.17) is 9.47 Å². The minimum atomic E-state index is -1.65. The highest BCUT2D eigenvalue weighted by Gasteiger charge is 2.50. The molecule has 5 nitrogen and oxygen atoms in total. The fourth-order valence-electron chi connectivity index (χ4n) is 4.79. The first-order valence-corrected chi connectivity index (χ1v) is 11.5. The van der Waals surface area contributed by atoms with Crippen LogP contribution in [-0.4, -0.2) is 54.4 Å².